The highest BCUT2D eigenvalue weighted by Gasteiger charge is 2.27. The molecule has 1 aliphatic rings. The zero-order valence-corrected chi connectivity index (χ0v) is 18.2. The van der Waals surface area contributed by atoms with Crippen LogP contribution in [0.25, 0.3) is 11.3 Å². The normalized spacial score (nSPS) is 16.3. The topological polar surface area (TPSA) is 63.7 Å². The van der Waals surface area contributed by atoms with E-state index in [4.69, 9.17) is 9.47 Å². The number of halogens is 1. The molecule has 1 amide bonds. The summed E-state index contributed by atoms with van der Waals surface area (Å²) in [4.78, 5) is 19.3. The molecule has 0 bridgehead atoms. The number of hydrogen-bond acceptors (Lipinski definition) is 6. The van der Waals surface area contributed by atoms with Crippen LogP contribution in [0.4, 0.5) is 9.52 Å². The number of likely N-dealkylation sites (tertiary alicyclic amines) is 1. The molecule has 0 aliphatic carbocycles. The van der Waals surface area contributed by atoms with Gasteiger partial charge >= 0.3 is 0 Å². The van der Waals surface area contributed by atoms with Gasteiger partial charge in [-0.15, -0.1) is 11.3 Å². The minimum Gasteiger partial charge on any atom is -0.497 e. The molecular weight excluding hydrogens is 417 g/mol. The minimum atomic E-state index is -0.251. The molecular formula is C23H24FN3O3S. The molecule has 1 fully saturated rings. The van der Waals surface area contributed by atoms with Gasteiger partial charge in [0.1, 0.15) is 17.3 Å². The first-order chi connectivity index (χ1) is 15.1. The third kappa shape index (κ3) is 4.86. The highest BCUT2D eigenvalue weighted by molar-refractivity contribution is 7.14. The molecule has 2 heterocycles. The van der Waals surface area contributed by atoms with Gasteiger partial charge in [-0.3, -0.25) is 9.69 Å². The van der Waals surface area contributed by atoms with Gasteiger partial charge in [0.15, 0.2) is 5.13 Å². The minimum absolute atomic E-state index is 0.114. The van der Waals surface area contributed by atoms with Gasteiger partial charge in [0.2, 0.25) is 5.91 Å². The van der Waals surface area contributed by atoms with E-state index >= 15 is 0 Å². The van der Waals surface area contributed by atoms with E-state index in [-0.39, 0.29) is 24.3 Å². The van der Waals surface area contributed by atoms with Gasteiger partial charge in [0, 0.05) is 23.1 Å². The Morgan fingerprint density at radius 2 is 2.03 bits per heavy atom. The van der Waals surface area contributed by atoms with Crippen molar-refractivity contribution in [3.8, 4) is 22.8 Å². The number of carbonyl (C=O) groups is 1. The van der Waals surface area contributed by atoms with Gasteiger partial charge < -0.3 is 14.8 Å². The average molecular weight is 442 g/mol. The average Bonchev–Trinajstić information content (AvgIpc) is 3.43. The maximum Gasteiger partial charge on any atom is 0.240 e. The van der Waals surface area contributed by atoms with Gasteiger partial charge in [-0.25, -0.2) is 9.37 Å². The van der Waals surface area contributed by atoms with Crippen LogP contribution in [0.5, 0.6) is 11.5 Å². The first-order valence-corrected chi connectivity index (χ1v) is 10.9. The van der Waals surface area contributed by atoms with Gasteiger partial charge in [-0.05, 0) is 49.2 Å². The van der Waals surface area contributed by atoms with Crippen LogP contribution < -0.4 is 14.8 Å². The Balaban J connectivity index is 1.42. The molecule has 1 N–H and O–H groups in total. The number of anilines is 1. The van der Waals surface area contributed by atoms with E-state index < -0.39 is 0 Å². The van der Waals surface area contributed by atoms with E-state index in [9.17, 15) is 9.18 Å². The number of amides is 1. The van der Waals surface area contributed by atoms with Crippen LogP contribution in [0, 0.1) is 5.82 Å². The lowest BCUT2D eigenvalue weighted by Crippen LogP contribution is -2.32. The molecule has 2 aromatic carbocycles. The number of ether oxygens (including phenoxy) is 2. The van der Waals surface area contributed by atoms with Crippen LogP contribution in [-0.4, -0.2) is 43.1 Å². The lowest BCUT2D eigenvalue weighted by atomic mass is 10.0. The highest BCUT2D eigenvalue weighted by atomic mass is 32.1. The van der Waals surface area contributed by atoms with E-state index in [0.717, 1.165) is 36.2 Å². The first-order valence-electron chi connectivity index (χ1n) is 10.0. The van der Waals surface area contributed by atoms with Crippen molar-refractivity contribution in [1.82, 2.24) is 9.88 Å². The second kappa shape index (κ2) is 9.45. The van der Waals surface area contributed by atoms with E-state index in [1.807, 2.05) is 17.5 Å². The third-order valence-electron chi connectivity index (χ3n) is 5.40. The zero-order valence-electron chi connectivity index (χ0n) is 17.4. The van der Waals surface area contributed by atoms with E-state index in [2.05, 4.69) is 15.2 Å². The van der Waals surface area contributed by atoms with Crippen LogP contribution in [-0.2, 0) is 4.79 Å². The summed E-state index contributed by atoms with van der Waals surface area (Å²) in [6, 6.07) is 12.2. The van der Waals surface area contributed by atoms with Crippen molar-refractivity contribution >= 4 is 22.4 Å². The van der Waals surface area contributed by atoms with Crippen LogP contribution >= 0.6 is 11.3 Å². The molecule has 1 aromatic heterocycles. The number of hydrogen-bond donors (Lipinski definition) is 1. The monoisotopic (exact) mass is 441 g/mol. The van der Waals surface area contributed by atoms with Crippen molar-refractivity contribution in [3.05, 3.63) is 59.2 Å². The SMILES string of the molecule is COc1ccc(-c2csc(NC(=O)CN3CCCC3c3ccc(F)cc3)n2)c(OC)c1. The van der Waals surface area contributed by atoms with Crippen molar-refractivity contribution in [3.63, 3.8) is 0 Å². The molecule has 0 saturated carbocycles. The Morgan fingerprint density at radius 1 is 1.23 bits per heavy atom. The number of rotatable bonds is 7. The van der Waals surface area contributed by atoms with Crippen LogP contribution in [0.2, 0.25) is 0 Å². The quantitative estimate of drug-likeness (QED) is 0.574. The smallest absolute Gasteiger partial charge is 0.240 e. The number of nitrogens with one attached hydrogen (secondary N) is 1. The largest absolute Gasteiger partial charge is 0.497 e. The Kier molecular flexibility index (Phi) is 6.48. The third-order valence-corrected chi connectivity index (χ3v) is 6.16. The Morgan fingerprint density at radius 3 is 2.77 bits per heavy atom. The standard InChI is InChI=1S/C23H24FN3O3S/c1-29-17-9-10-18(21(12-17)30-2)19-14-31-23(25-19)26-22(28)13-27-11-3-4-20(27)15-5-7-16(24)8-6-15/h5-10,12,14,20H,3-4,11,13H2,1-2H3,(H,25,26,28). The lowest BCUT2D eigenvalue weighted by molar-refractivity contribution is -0.117. The molecule has 31 heavy (non-hydrogen) atoms. The maximum absolute atomic E-state index is 13.2. The predicted molar refractivity (Wildman–Crippen MR) is 119 cm³/mol. The number of thiazole rings is 1. The number of carbonyl (C=O) groups excluding carboxylic acids is 1. The summed E-state index contributed by atoms with van der Waals surface area (Å²) in [6.45, 7) is 1.10. The summed E-state index contributed by atoms with van der Waals surface area (Å²) in [5, 5.41) is 5.32. The van der Waals surface area contributed by atoms with Crippen LogP contribution in [0.3, 0.4) is 0 Å². The Labute approximate surface area is 184 Å². The summed E-state index contributed by atoms with van der Waals surface area (Å²) >= 11 is 1.37. The second-order valence-corrected chi connectivity index (χ2v) is 8.19. The number of aromatic nitrogens is 1. The molecule has 3 aromatic rings. The van der Waals surface area contributed by atoms with Gasteiger partial charge in [-0.2, -0.15) is 0 Å². The molecule has 0 spiro atoms. The molecule has 1 aliphatic heterocycles. The maximum atomic E-state index is 13.2. The molecule has 0 radical (unpaired) electrons. The molecule has 1 unspecified atom stereocenters. The first kappa shape index (κ1) is 21.3. The summed E-state index contributed by atoms with van der Waals surface area (Å²) in [7, 11) is 3.20. The van der Waals surface area contributed by atoms with Gasteiger partial charge in [0.05, 0.1) is 26.5 Å². The number of nitrogens with zero attached hydrogens (tertiary/aromatic N) is 2. The molecule has 1 saturated heterocycles. The zero-order chi connectivity index (χ0) is 21.8. The summed E-state index contributed by atoms with van der Waals surface area (Å²) in [5.41, 5.74) is 2.59. The highest BCUT2D eigenvalue weighted by Crippen LogP contribution is 2.35. The molecule has 4 rings (SSSR count). The van der Waals surface area contributed by atoms with Crippen molar-refractivity contribution in [2.75, 3.05) is 32.6 Å². The van der Waals surface area contributed by atoms with Crippen molar-refractivity contribution in [2.45, 2.75) is 18.9 Å². The fourth-order valence-electron chi connectivity index (χ4n) is 3.89. The molecule has 162 valence electrons. The van der Waals surface area contributed by atoms with Crippen molar-refractivity contribution in [1.29, 1.82) is 0 Å². The van der Waals surface area contributed by atoms with Crippen LogP contribution in [0.15, 0.2) is 47.8 Å². The number of benzene rings is 2. The fourth-order valence-corrected chi connectivity index (χ4v) is 4.61. The number of methoxy groups -OCH3 is 2. The summed E-state index contributed by atoms with van der Waals surface area (Å²) in [5.74, 6) is 0.989. The molecule has 6 nitrogen and oxygen atoms in total. The van der Waals surface area contributed by atoms with Crippen molar-refractivity contribution < 1.29 is 18.7 Å². The Hall–Kier alpha value is -2.97. The molecule has 1 atom stereocenters. The summed E-state index contributed by atoms with van der Waals surface area (Å²) in [6.07, 6.45) is 1.96. The molecule has 8 heteroatoms. The van der Waals surface area contributed by atoms with E-state index in [1.165, 1.54) is 23.5 Å². The fraction of sp³-hybridized carbons (Fsp3) is 0.304. The van der Waals surface area contributed by atoms with Crippen molar-refractivity contribution in [2.24, 2.45) is 0 Å². The second-order valence-electron chi connectivity index (χ2n) is 7.33. The van der Waals surface area contributed by atoms with E-state index in [1.54, 1.807) is 32.4 Å². The Bertz CT molecular complexity index is 1050. The lowest BCUT2D eigenvalue weighted by Gasteiger charge is -2.24. The van der Waals surface area contributed by atoms with Crippen LogP contribution in [0.1, 0.15) is 24.4 Å². The van der Waals surface area contributed by atoms with E-state index in [0.29, 0.717) is 16.6 Å². The summed E-state index contributed by atoms with van der Waals surface area (Å²) < 4.78 is 23.9. The van der Waals surface area contributed by atoms with Gasteiger partial charge in [-0.1, -0.05) is 12.1 Å². The van der Waals surface area contributed by atoms with Gasteiger partial charge in [0.25, 0.3) is 0 Å². The predicted octanol–water partition coefficient (Wildman–Crippen LogP) is 4.74.